The Balaban J connectivity index is 0.00000192. The lowest BCUT2D eigenvalue weighted by Crippen LogP contribution is -2.35. The Labute approximate surface area is 138 Å². The van der Waals surface area contributed by atoms with E-state index in [0.717, 1.165) is 31.7 Å². The van der Waals surface area contributed by atoms with Crippen molar-refractivity contribution in [1.82, 2.24) is 4.98 Å². The molecule has 0 spiro atoms. The molecule has 1 aliphatic carbocycles. The zero-order valence-corrected chi connectivity index (χ0v) is 13.3. The highest BCUT2D eigenvalue weighted by molar-refractivity contribution is 5.91. The van der Waals surface area contributed by atoms with Crippen LogP contribution in [0.25, 0.3) is 10.9 Å². The van der Waals surface area contributed by atoms with Crippen molar-refractivity contribution in [1.29, 1.82) is 0 Å². The van der Waals surface area contributed by atoms with Gasteiger partial charge in [-0.05, 0) is 37.8 Å². The molecule has 3 rings (SSSR count). The van der Waals surface area contributed by atoms with Gasteiger partial charge in [0, 0.05) is 23.2 Å². The molecule has 0 saturated heterocycles. The maximum absolute atomic E-state index is 13.0. The summed E-state index contributed by atoms with van der Waals surface area (Å²) < 4.78 is 39.1. The van der Waals surface area contributed by atoms with Gasteiger partial charge in [-0.3, -0.25) is 0 Å². The summed E-state index contributed by atoms with van der Waals surface area (Å²) in [6.07, 6.45) is -0.788. The molecule has 23 heavy (non-hydrogen) atoms. The summed E-state index contributed by atoms with van der Waals surface area (Å²) in [4.78, 5) is 3.73. The van der Waals surface area contributed by atoms with Gasteiger partial charge in [0.15, 0.2) is 0 Å². The summed E-state index contributed by atoms with van der Waals surface area (Å²) in [5, 5.41) is 3.95. The minimum atomic E-state index is -4.45. The lowest BCUT2D eigenvalue weighted by molar-refractivity contribution is -0.140. The molecule has 0 bridgehead atoms. The van der Waals surface area contributed by atoms with Gasteiger partial charge < -0.3 is 11.1 Å². The standard InChI is InChI=1S/C16H18F3N3.ClH/c17-16(18,19)15-9-14(12-6-1-2-7-13(12)22-15)21-11-5-3-4-10(20)8-11;/h1-2,6-7,9-11H,3-5,8,20H2,(H,21,22);1H/t10-,11+;/m1./s1. The van der Waals surface area contributed by atoms with Crippen LogP contribution in [0.5, 0.6) is 0 Å². The number of para-hydroxylation sites is 1. The van der Waals surface area contributed by atoms with Crippen LogP contribution in [0.4, 0.5) is 18.9 Å². The normalized spacial score (nSPS) is 21.7. The van der Waals surface area contributed by atoms with Crippen molar-refractivity contribution >= 4 is 29.0 Å². The minimum absolute atomic E-state index is 0. The molecule has 0 unspecified atom stereocenters. The van der Waals surface area contributed by atoms with E-state index in [2.05, 4.69) is 10.3 Å². The first-order chi connectivity index (χ1) is 10.4. The molecule has 7 heteroatoms. The maximum Gasteiger partial charge on any atom is 0.433 e. The van der Waals surface area contributed by atoms with Crippen molar-refractivity contribution < 1.29 is 13.2 Å². The van der Waals surface area contributed by atoms with Crippen LogP contribution in [-0.2, 0) is 6.18 Å². The van der Waals surface area contributed by atoms with Gasteiger partial charge in [0.1, 0.15) is 5.69 Å². The second-order valence-electron chi connectivity index (χ2n) is 5.84. The van der Waals surface area contributed by atoms with Gasteiger partial charge in [0.05, 0.1) is 5.52 Å². The van der Waals surface area contributed by atoms with Crippen molar-refractivity contribution in [2.45, 2.75) is 43.9 Å². The molecule has 3 nitrogen and oxygen atoms in total. The lowest BCUT2D eigenvalue weighted by Gasteiger charge is -2.28. The number of hydrogen-bond acceptors (Lipinski definition) is 3. The monoisotopic (exact) mass is 345 g/mol. The van der Waals surface area contributed by atoms with E-state index in [-0.39, 0.29) is 24.5 Å². The number of pyridine rings is 1. The first-order valence-corrected chi connectivity index (χ1v) is 7.42. The van der Waals surface area contributed by atoms with E-state index in [1.165, 1.54) is 0 Å². The average Bonchev–Trinajstić information content (AvgIpc) is 2.46. The molecule has 1 aromatic carbocycles. The Bertz CT molecular complexity index is 675. The molecule has 2 aromatic rings. The van der Waals surface area contributed by atoms with Gasteiger partial charge in [0.25, 0.3) is 0 Å². The van der Waals surface area contributed by atoms with Crippen molar-refractivity contribution in [2.75, 3.05) is 5.32 Å². The summed E-state index contributed by atoms with van der Waals surface area (Å²) in [6, 6.07) is 8.19. The van der Waals surface area contributed by atoms with Crippen LogP contribution in [0, 0.1) is 0 Å². The maximum atomic E-state index is 13.0. The molecule has 1 heterocycles. The number of aromatic nitrogens is 1. The quantitative estimate of drug-likeness (QED) is 0.850. The molecule has 0 aliphatic heterocycles. The fraction of sp³-hybridized carbons (Fsp3) is 0.438. The second-order valence-corrected chi connectivity index (χ2v) is 5.84. The predicted octanol–water partition coefficient (Wildman–Crippen LogP) is 4.36. The zero-order chi connectivity index (χ0) is 15.7. The molecule has 0 amide bonds. The number of nitrogens with one attached hydrogen (secondary N) is 1. The molecular weight excluding hydrogens is 327 g/mol. The summed E-state index contributed by atoms with van der Waals surface area (Å²) in [7, 11) is 0. The average molecular weight is 346 g/mol. The van der Waals surface area contributed by atoms with Crippen molar-refractivity contribution in [3.05, 3.63) is 36.0 Å². The van der Waals surface area contributed by atoms with Crippen LogP contribution in [-0.4, -0.2) is 17.1 Å². The first-order valence-electron chi connectivity index (χ1n) is 7.42. The van der Waals surface area contributed by atoms with Crippen molar-refractivity contribution in [3.63, 3.8) is 0 Å². The van der Waals surface area contributed by atoms with E-state index in [1.54, 1.807) is 24.3 Å². The third-order valence-corrected chi connectivity index (χ3v) is 4.08. The number of halogens is 4. The first kappa shape index (κ1) is 17.8. The largest absolute Gasteiger partial charge is 0.433 e. The van der Waals surface area contributed by atoms with E-state index >= 15 is 0 Å². The van der Waals surface area contributed by atoms with Gasteiger partial charge in [-0.15, -0.1) is 12.4 Å². The topological polar surface area (TPSA) is 50.9 Å². The van der Waals surface area contributed by atoms with Gasteiger partial charge in [-0.25, -0.2) is 4.98 Å². The van der Waals surface area contributed by atoms with E-state index < -0.39 is 11.9 Å². The van der Waals surface area contributed by atoms with Crippen molar-refractivity contribution in [2.24, 2.45) is 5.73 Å². The predicted molar refractivity (Wildman–Crippen MR) is 87.8 cm³/mol. The Kier molecular flexibility index (Phi) is 5.37. The summed E-state index contributed by atoms with van der Waals surface area (Å²) in [5.74, 6) is 0. The fourth-order valence-corrected chi connectivity index (χ4v) is 3.02. The SMILES string of the molecule is Cl.N[C@@H]1CCC[C@H](Nc2cc(C(F)(F)F)nc3ccccc23)C1. The third kappa shape index (κ3) is 4.06. The highest BCUT2D eigenvalue weighted by Crippen LogP contribution is 2.34. The van der Waals surface area contributed by atoms with E-state index in [9.17, 15) is 13.2 Å². The molecule has 1 fully saturated rings. The molecule has 0 radical (unpaired) electrons. The van der Waals surface area contributed by atoms with Crippen LogP contribution in [0.1, 0.15) is 31.4 Å². The number of nitrogens with two attached hydrogens (primary N) is 1. The third-order valence-electron chi connectivity index (χ3n) is 4.08. The number of nitrogens with zero attached hydrogens (tertiary/aromatic N) is 1. The van der Waals surface area contributed by atoms with Gasteiger partial charge in [-0.2, -0.15) is 13.2 Å². The molecule has 2 atom stereocenters. The molecule has 3 N–H and O–H groups in total. The van der Waals surface area contributed by atoms with Crippen LogP contribution >= 0.6 is 12.4 Å². The molecule has 1 aliphatic rings. The van der Waals surface area contributed by atoms with Crippen LogP contribution in [0.15, 0.2) is 30.3 Å². The Hall–Kier alpha value is -1.53. The number of fused-ring (bicyclic) bond motifs is 1. The Morgan fingerprint density at radius 3 is 2.61 bits per heavy atom. The van der Waals surface area contributed by atoms with Crippen LogP contribution < -0.4 is 11.1 Å². The molecule has 1 saturated carbocycles. The number of benzene rings is 1. The number of hydrogen-bond donors (Lipinski definition) is 2. The van der Waals surface area contributed by atoms with Crippen LogP contribution in [0.3, 0.4) is 0 Å². The van der Waals surface area contributed by atoms with Gasteiger partial charge >= 0.3 is 6.18 Å². The second kappa shape index (κ2) is 6.93. The smallest absolute Gasteiger partial charge is 0.382 e. The molecule has 1 aromatic heterocycles. The highest BCUT2D eigenvalue weighted by atomic mass is 35.5. The number of rotatable bonds is 2. The highest BCUT2D eigenvalue weighted by Gasteiger charge is 2.33. The van der Waals surface area contributed by atoms with Gasteiger partial charge in [-0.1, -0.05) is 18.2 Å². The fourth-order valence-electron chi connectivity index (χ4n) is 3.02. The summed E-state index contributed by atoms with van der Waals surface area (Å²) in [6.45, 7) is 0. The molecule has 126 valence electrons. The molecular formula is C16H19ClF3N3. The Morgan fingerprint density at radius 1 is 1.17 bits per heavy atom. The summed E-state index contributed by atoms with van der Waals surface area (Å²) in [5.41, 5.74) is 5.92. The zero-order valence-electron chi connectivity index (χ0n) is 12.4. The van der Waals surface area contributed by atoms with Crippen LogP contribution in [0.2, 0.25) is 0 Å². The number of alkyl halides is 3. The van der Waals surface area contributed by atoms with Gasteiger partial charge in [0.2, 0.25) is 0 Å². The van der Waals surface area contributed by atoms with Crippen molar-refractivity contribution in [3.8, 4) is 0 Å². The minimum Gasteiger partial charge on any atom is -0.382 e. The van der Waals surface area contributed by atoms with E-state index in [4.69, 9.17) is 5.73 Å². The lowest BCUT2D eigenvalue weighted by atomic mass is 9.91. The number of anilines is 1. The Morgan fingerprint density at radius 2 is 1.91 bits per heavy atom. The van der Waals surface area contributed by atoms with E-state index in [0.29, 0.717) is 16.6 Å². The van der Waals surface area contributed by atoms with E-state index in [1.807, 2.05) is 0 Å². The summed E-state index contributed by atoms with van der Waals surface area (Å²) >= 11 is 0.